The largest absolute Gasteiger partial charge is 0.444 e. The fourth-order valence-corrected chi connectivity index (χ4v) is 2.06. The van der Waals surface area contributed by atoms with Crippen LogP contribution in [0, 0.1) is 11.8 Å². The lowest BCUT2D eigenvalue weighted by molar-refractivity contribution is -0.121. The lowest BCUT2D eigenvalue weighted by Gasteiger charge is -2.21. The maximum Gasteiger partial charge on any atom is 0.408 e. The van der Waals surface area contributed by atoms with Gasteiger partial charge < -0.3 is 10.1 Å². The van der Waals surface area contributed by atoms with Crippen LogP contribution in [0.5, 0.6) is 0 Å². The van der Waals surface area contributed by atoms with Gasteiger partial charge in [-0.25, -0.2) is 4.79 Å². The standard InChI is InChI=1S/C14H25NO3/c1-6-10-7-11(10)8-12(16)9(2)15-13(17)18-14(3,4)5/h9-11H,6-8H2,1-5H3,(H,15,17)/t9?,10-,11+/m1/s1. The van der Waals surface area contributed by atoms with Gasteiger partial charge in [0.05, 0.1) is 6.04 Å². The van der Waals surface area contributed by atoms with Crippen molar-refractivity contribution < 1.29 is 14.3 Å². The molecule has 1 saturated carbocycles. The fraction of sp³-hybridized carbons (Fsp3) is 0.857. The van der Waals surface area contributed by atoms with Gasteiger partial charge in [-0.15, -0.1) is 0 Å². The zero-order valence-corrected chi connectivity index (χ0v) is 12.1. The Bertz CT molecular complexity index is 319. The van der Waals surface area contributed by atoms with Crippen molar-refractivity contribution in [2.45, 2.75) is 65.5 Å². The maximum atomic E-state index is 11.9. The summed E-state index contributed by atoms with van der Waals surface area (Å²) in [5.41, 5.74) is -0.531. The van der Waals surface area contributed by atoms with Crippen LogP contribution in [0.4, 0.5) is 4.79 Å². The van der Waals surface area contributed by atoms with Gasteiger partial charge in [0.15, 0.2) is 5.78 Å². The predicted molar refractivity (Wildman–Crippen MR) is 70.3 cm³/mol. The Morgan fingerprint density at radius 2 is 1.94 bits per heavy atom. The summed E-state index contributed by atoms with van der Waals surface area (Å²) >= 11 is 0. The van der Waals surface area contributed by atoms with E-state index in [1.807, 2.05) is 0 Å². The highest BCUT2D eigenvalue weighted by Crippen LogP contribution is 2.43. The Labute approximate surface area is 109 Å². The van der Waals surface area contributed by atoms with Crippen LogP contribution in [0.15, 0.2) is 0 Å². The molecule has 4 heteroatoms. The van der Waals surface area contributed by atoms with Crippen molar-refractivity contribution in [2.75, 3.05) is 0 Å². The number of ether oxygens (including phenoxy) is 1. The Balaban J connectivity index is 2.29. The molecule has 0 aliphatic heterocycles. The smallest absolute Gasteiger partial charge is 0.408 e. The number of carbonyl (C=O) groups excluding carboxylic acids is 2. The second-order valence-corrected chi connectivity index (χ2v) is 6.20. The van der Waals surface area contributed by atoms with E-state index in [-0.39, 0.29) is 5.78 Å². The average Bonchev–Trinajstić information content (AvgIpc) is 2.93. The summed E-state index contributed by atoms with van der Waals surface area (Å²) in [5, 5.41) is 2.59. The zero-order valence-electron chi connectivity index (χ0n) is 12.1. The fourth-order valence-electron chi connectivity index (χ4n) is 2.06. The highest BCUT2D eigenvalue weighted by Gasteiger charge is 2.37. The van der Waals surface area contributed by atoms with Gasteiger partial charge in [-0.1, -0.05) is 13.3 Å². The summed E-state index contributed by atoms with van der Waals surface area (Å²) < 4.78 is 5.12. The third-order valence-electron chi connectivity index (χ3n) is 3.27. The molecule has 1 fully saturated rings. The van der Waals surface area contributed by atoms with E-state index in [0.717, 1.165) is 12.8 Å². The predicted octanol–water partition coefficient (Wildman–Crippen LogP) is 2.90. The molecule has 0 heterocycles. The number of alkyl carbamates (subject to hydrolysis) is 1. The number of rotatable bonds is 5. The Kier molecular flexibility index (Phi) is 4.77. The minimum absolute atomic E-state index is 0.0989. The molecule has 0 bridgehead atoms. The molecule has 1 aliphatic carbocycles. The molecule has 4 nitrogen and oxygen atoms in total. The van der Waals surface area contributed by atoms with Crippen LogP contribution >= 0.6 is 0 Å². The second-order valence-electron chi connectivity index (χ2n) is 6.20. The number of Topliss-reactive ketones (excluding diaryl/α,β-unsaturated/α-hetero) is 1. The third kappa shape index (κ3) is 5.07. The average molecular weight is 255 g/mol. The van der Waals surface area contributed by atoms with Crippen molar-refractivity contribution in [3.8, 4) is 0 Å². The normalized spacial score (nSPS) is 24.3. The van der Waals surface area contributed by atoms with E-state index >= 15 is 0 Å². The number of hydrogen-bond donors (Lipinski definition) is 1. The Morgan fingerprint density at radius 1 is 1.33 bits per heavy atom. The van der Waals surface area contributed by atoms with Gasteiger partial charge in [-0.2, -0.15) is 0 Å². The molecule has 0 aromatic carbocycles. The topological polar surface area (TPSA) is 55.4 Å². The number of nitrogens with one attached hydrogen (secondary N) is 1. The monoisotopic (exact) mass is 255 g/mol. The molecule has 1 aliphatic rings. The molecule has 3 atom stereocenters. The van der Waals surface area contributed by atoms with Gasteiger partial charge >= 0.3 is 6.09 Å². The first-order chi connectivity index (χ1) is 8.23. The van der Waals surface area contributed by atoms with E-state index in [0.29, 0.717) is 18.3 Å². The van der Waals surface area contributed by atoms with Gasteiger partial charge in [0, 0.05) is 6.42 Å². The summed E-state index contributed by atoms with van der Waals surface area (Å²) in [6.45, 7) is 9.27. The summed E-state index contributed by atoms with van der Waals surface area (Å²) in [4.78, 5) is 23.4. The molecule has 1 amide bonds. The van der Waals surface area contributed by atoms with Crippen molar-refractivity contribution in [3.63, 3.8) is 0 Å². The zero-order chi connectivity index (χ0) is 13.9. The summed E-state index contributed by atoms with van der Waals surface area (Å²) in [6, 6.07) is -0.460. The first-order valence-corrected chi connectivity index (χ1v) is 6.75. The van der Waals surface area contributed by atoms with Crippen molar-refractivity contribution in [1.82, 2.24) is 5.32 Å². The molecule has 0 aromatic rings. The van der Waals surface area contributed by atoms with E-state index < -0.39 is 17.7 Å². The molecule has 0 radical (unpaired) electrons. The van der Waals surface area contributed by atoms with Crippen LogP contribution in [-0.2, 0) is 9.53 Å². The van der Waals surface area contributed by atoms with Crippen LogP contribution in [-0.4, -0.2) is 23.5 Å². The first kappa shape index (κ1) is 15.0. The van der Waals surface area contributed by atoms with Crippen LogP contribution < -0.4 is 5.32 Å². The van der Waals surface area contributed by atoms with Gasteiger partial charge in [0.1, 0.15) is 5.60 Å². The highest BCUT2D eigenvalue weighted by molar-refractivity contribution is 5.87. The summed E-state index contributed by atoms with van der Waals surface area (Å²) in [6.07, 6.45) is 2.36. The van der Waals surface area contributed by atoms with Crippen LogP contribution in [0.1, 0.15) is 53.9 Å². The van der Waals surface area contributed by atoms with E-state index in [1.54, 1.807) is 27.7 Å². The highest BCUT2D eigenvalue weighted by atomic mass is 16.6. The van der Waals surface area contributed by atoms with Gasteiger partial charge in [-0.05, 0) is 46.0 Å². The van der Waals surface area contributed by atoms with E-state index in [4.69, 9.17) is 4.74 Å². The number of ketones is 1. The first-order valence-electron chi connectivity index (χ1n) is 6.75. The Morgan fingerprint density at radius 3 is 2.39 bits per heavy atom. The van der Waals surface area contributed by atoms with E-state index in [1.165, 1.54) is 0 Å². The minimum atomic E-state index is -0.531. The quantitative estimate of drug-likeness (QED) is 0.821. The van der Waals surface area contributed by atoms with Gasteiger partial charge in [0.2, 0.25) is 0 Å². The van der Waals surface area contributed by atoms with Gasteiger partial charge in [-0.3, -0.25) is 4.79 Å². The van der Waals surface area contributed by atoms with Gasteiger partial charge in [0.25, 0.3) is 0 Å². The lowest BCUT2D eigenvalue weighted by atomic mass is 10.1. The second kappa shape index (κ2) is 5.72. The number of amides is 1. The number of hydrogen-bond acceptors (Lipinski definition) is 3. The molecule has 18 heavy (non-hydrogen) atoms. The molecular formula is C14H25NO3. The summed E-state index contributed by atoms with van der Waals surface area (Å²) in [5.74, 6) is 1.34. The molecule has 1 N–H and O–H groups in total. The molecular weight excluding hydrogens is 230 g/mol. The van der Waals surface area contributed by atoms with E-state index in [2.05, 4.69) is 12.2 Å². The minimum Gasteiger partial charge on any atom is -0.444 e. The SMILES string of the molecule is CC[C@@H]1C[C@H]1CC(=O)C(C)NC(=O)OC(C)(C)C. The lowest BCUT2D eigenvalue weighted by Crippen LogP contribution is -2.41. The number of carbonyl (C=O) groups is 2. The maximum absolute atomic E-state index is 11.9. The van der Waals surface area contributed by atoms with Crippen molar-refractivity contribution in [3.05, 3.63) is 0 Å². The van der Waals surface area contributed by atoms with Crippen molar-refractivity contribution in [2.24, 2.45) is 11.8 Å². The Hall–Kier alpha value is -1.06. The molecule has 0 aromatic heterocycles. The van der Waals surface area contributed by atoms with Crippen molar-refractivity contribution >= 4 is 11.9 Å². The van der Waals surface area contributed by atoms with E-state index in [9.17, 15) is 9.59 Å². The summed E-state index contributed by atoms with van der Waals surface area (Å²) in [7, 11) is 0. The molecule has 0 saturated heterocycles. The molecule has 1 unspecified atom stereocenters. The molecule has 0 spiro atoms. The third-order valence-corrected chi connectivity index (χ3v) is 3.27. The van der Waals surface area contributed by atoms with Crippen molar-refractivity contribution in [1.29, 1.82) is 0 Å². The molecule has 1 rings (SSSR count). The van der Waals surface area contributed by atoms with Crippen LogP contribution in [0.25, 0.3) is 0 Å². The van der Waals surface area contributed by atoms with Crippen LogP contribution in [0.2, 0.25) is 0 Å². The molecule has 104 valence electrons. The van der Waals surface area contributed by atoms with Crippen LogP contribution in [0.3, 0.4) is 0 Å².